The van der Waals surface area contributed by atoms with Crippen LogP contribution in [0.4, 0.5) is 0 Å². The van der Waals surface area contributed by atoms with E-state index in [4.69, 9.17) is 0 Å². The summed E-state index contributed by atoms with van der Waals surface area (Å²) in [4.78, 5) is 3.19. The zero-order valence-electron chi connectivity index (χ0n) is 8.09. The molecule has 1 spiro atoms. The largest absolute Gasteiger partial charge is 0.301 e. The fourth-order valence-corrected chi connectivity index (χ4v) is 4.65. The summed E-state index contributed by atoms with van der Waals surface area (Å²) in [6.07, 6.45) is 5.69. The zero-order valence-corrected chi connectivity index (χ0v) is 8.91. The van der Waals surface area contributed by atoms with Crippen molar-refractivity contribution in [2.24, 2.45) is 0 Å². The Kier molecular flexibility index (Phi) is 2.07. The molecule has 2 unspecified atom stereocenters. The highest BCUT2D eigenvalue weighted by molar-refractivity contribution is 8.00. The van der Waals surface area contributed by atoms with Gasteiger partial charge in [0.25, 0.3) is 0 Å². The minimum atomic E-state index is 0.473. The van der Waals surface area contributed by atoms with Gasteiger partial charge in [-0.05, 0) is 25.8 Å². The van der Waals surface area contributed by atoms with Gasteiger partial charge in [0, 0.05) is 24.9 Å². The summed E-state index contributed by atoms with van der Waals surface area (Å²) in [6, 6.07) is 0.855. The number of fused-ring (bicyclic) bond motifs is 2. The van der Waals surface area contributed by atoms with Gasteiger partial charge in [0.05, 0.1) is 4.87 Å². The highest BCUT2D eigenvalue weighted by Crippen LogP contribution is 2.44. The molecule has 0 aromatic carbocycles. The Labute approximate surface area is 84.4 Å². The lowest BCUT2D eigenvalue weighted by molar-refractivity contribution is 0.175. The van der Waals surface area contributed by atoms with Gasteiger partial charge in [-0.1, -0.05) is 6.42 Å². The Morgan fingerprint density at radius 1 is 1.31 bits per heavy atom. The molecule has 0 aromatic rings. The normalized spacial score (nSPS) is 45.7. The lowest BCUT2D eigenvalue weighted by Gasteiger charge is -2.37. The minimum Gasteiger partial charge on any atom is -0.301 e. The first kappa shape index (κ1) is 8.57. The van der Waals surface area contributed by atoms with Crippen molar-refractivity contribution in [2.75, 3.05) is 25.4 Å². The van der Waals surface area contributed by atoms with Crippen LogP contribution in [0.25, 0.3) is 0 Å². The Morgan fingerprint density at radius 2 is 2.31 bits per heavy atom. The molecule has 3 aliphatic rings. The molecular weight excluding hydrogens is 180 g/mol. The number of hydrogen-bond acceptors (Lipinski definition) is 3. The third-order valence-corrected chi connectivity index (χ3v) is 5.35. The standard InChI is InChI=1S/C10H18N2S/c1-2-6-12-7-4-10(9(12)3-1)11-5-8-13-10/h9,11H,1-8H2. The molecule has 0 aromatic heterocycles. The molecule has 3 heterocycles. The van der Waals surface area contributed by atoms with Crippen LogP contribution >= 0.6 is 11.8 Å². The summed E-state index contributed by atoms with van der Waals surface area (Å²) in [5.74, 6) is 1.32. The summed E-state index contributed by atoms with van der Waals surface area (Å²) in [5.41, 5.74) is 0. The van der Waals surface area contributed by atoms with E-state index in [1.807, 2.05) is 0 Å². The summed E-state index contributed by atoms with van der Waals surface area (Å²) >= 11 is 2.19. The van der Waals surface area contributed by atoms with E-state index in [0.29, 0.717) is 4.87 Å². The second kappa shape index (κ2) is 3.14. The average Bonchev–Trinajstić information content (AvgIpc) is 2.78. The third kappa shape index (κ3) is 1.24. The third-order valence-electron chi connectivity index (χ3n) is 3.81. The molecule has 3 saturated heterocycles. The van der Waals surface area contributed by atoms with Crippen molar-refractivity contribution in [3.63, 3.8) is 0 Å². The van der Waals surface area contributed by atoms with Crippen molar-refractivity contribution in [3.8, 4) is 0 Å². The summed E-state index contributed by atoms with van der Waals surface area (Å²) in [7, 11) is 0. The molecule has 2 nitrogen and oxygen atoms in total. The van der Waals surface area contributed by atoms with E-state index in [9.17, 15) is 0 Å². The van der Waals surface area contributed by atoms with Gasteiger partial charge in [-0.25, -0.2) is 0 Å². The Morgan fingerprint density at radius 3 is 3.15 bits per heavy atom. The van der Waals surface area contributed by atoms with Gasteiger partial charge in [-0.15, -0.1) is 11.8 Å². The maximum absolute atomic E-state index is 3.75. The van der Waals surface area contributed by atoms with Crippen LogP contribution in [-0.4, -0.2) is 41.2 Å². The second-order valence-electron chi connectivity index (χ2n) is 4.46. The van der Waals surface area contributed by atoms with Gasteiger partial charge < -0.3 is 5.32 Å². The Bertz CT molecular complexity index is 201. The SMILES string of the molecule is C1CCN2CCC3(NCCS3)C2C1. The fraction of sp³-hybridized carbons (Fsp3) is 1.00. The van der Waals surface area contributed by atoms with Crippen molar-refractivity contribution in [3.05, 3.63) is 0 Å². The molecule has 0 bridgehead atoms. The Balaban J connectivity index is 1.82. The topological polar surface area (TPSA) is 15.3 Å². The molecule has 3 fully saturated rings. The van der Waals surface area contributed by atoms with E-state index in [2.05, 4.69) is 22.0 Å². The molecule has 3 heteroatoms. The average molecular weight is 198 g/mol. The molecule has 1 N–H and O–H groups in total. The van der Waals surface area contributed by atoms with Crippen LogP contribution < -0.4 is 5.32 Å². The first-order chi connectivity index (χ1) is 6.41. The van der Waals surface area contributed by atoms with Crippen molar-refractivity contribution in [2.45, 2.75) is 36.6 Å². The van der Waals surface area contributed by atoms with E-state index >= 15 is 0 Å². The van der Waals surface area contributed by atoms with Gasteiger partial charge >= 0.3 is 0 Å². The summed E-state index contributed by atoms with van der Waals surface area (Å²) in [6.45, 7) is 3.92. The minimum absolute atomic E-state index is 0.473. The van der Waals surface area contributed by atoms with Crippen LogP contribution in [-0.2, 0) is 0 Å². The molecule has 3 rings (SSSR count). The summed E-state index contributed by atoms with van der Waals surface area (Å²) < 4.78 is 0. The monoisotopic (exact) mass is 198 g/mol. The lowest BCUT2D eigenvalue weighted by Crippen LogP contribution is -2.50. The molecule has 3 aliphatic heterocycles. The van der Waals surface area contributed by atoms with Gasteiger partial charge in [-0.2, -0.15) is 0 Å². The van der Waals surface area contributed by atoms with Crippen LogP contribution in [0.2, 0.25) is 0 Å². The molecule has 74 valence electrons. The highest BCUT2D eigenvalue weighted by atomic mass is 32.2. The van der Waals surface area contributed by atoms with E-state index < -0.39 is 0 Å². The quantitative estimate of drug-likeness (QED) is 0.631. The van der Waals surface area contributed by atoms with E-state index in [1.165, 1.54) is 51.1 Å². The van der Waals surface area contributed by atoms with Gasteiger partial charge in [0.1, 0.15) is 0 Å². The van der Waals surface area contributed by atoms with Gasteiger partial charge in [0.2, 0.25) is 0 Å². The van der Waals surface area contributed by atoms with Crippen LogP contribution in [0, 0.1) is 0 Å². The van der Waals surface area contributed by atoms with Crippen LogP contribution in [0.3, 0.4) is 0 Å². The van der Waals surface area contributed by atoms with Crippen LogP contribution in [0.15, 0.2) is 0 Å². The van der Waals surface area contributed by atoms with Gasteiger partial charge in [-0.3, -0.25) is 4.90 Å². The molecule has 2 atom stereocenters. The second-order valence-corrected chi connectivity index (χ2v) is 5.89. The van der Waals surface area contributed by atoms with E-state index in [0.717, 1.165) is 6.04 Å². The molecule has 13 heavy (non-hydrogen) atoms. The van der Waals surface area contributed by atoms with Gasteiger partial charge in [0.15, 0.2) is 0 Å². The lowest BCUT2D eigenvalue weighted by atomic mass is 9.98. The molecule has 0 amide bonds. The molecular formula is C10H18N2S. The predicted octanol–water partition coefficient (Wildman–Crippen LogP) is 1.28. The van der Waals surface area contributed by atoms with Crippen LogP contribution in [0.5, 0.6) is 0 Å². The number of piperidine rings is 1. The van der Waals surface area contributed by atoms with Crippen molar-refractivity contribution in [1.29, 1.82) is 0 Å². The summed E-state index contributed by atoms with van der Waals surface area (Å²) in [5, 5.41) is 3.75. The van der Waals surface area contributed by atoms with Crippen LogP contribution in [0.1, 0.15) is 25.7 Å². The zero-order chi connectivity index (χ0) is 8.73. The first-order valence-corrected chi connectivity index (χ1v) is 6.52. The maximum Gasteiger partial charge on any atom is 0.0815 e. The number of thioether (sulfide) groups is 1. The maximum atomic E-state index is 3.75. The highest BCUT2D eigenvalue weighted by Gasteiger charge is 2.49. The molecule has 0 radical (unpaired) electrons. The first-order valence-electron chi connectivity index (χ1n) is 5.54. The molecule has 0 aliphatic carbocycles. The van der Waals surface area contributed by atoms with E-state index in [-0.39, 0.29) is 0 Å². The number of nitrogens with zero attached hydrogens (tertiary/aromatic N) is 1. The number of nitrogens with one attached hydrogen (secondary N) is 1. The molecule has 0 saturated carbocycles. The van der Waals surface area contributed by atoms with Crippen molar-refractivity contribution in [1.82, 2.24) is 10.2 Å². The number of hydrogen-bond donors (Lipinski definition) is 1. The fourth-order valence-electron chi connectivity index (χ4n) is 3.18. The van der Waals surface area contributed by atoms with Crippen molar-refractivity contribution >= 4 is 11.8 Å². The van der Waals surface area contributed by atoms with E-state index in [1.54, 1.807) is 0 Å². The van der Waals surface area contributed by atoms with Crippen molar-refractivity contribution < 1.29 is 0 Å². The number of rotatable bonds is 0. The Hall–Kier alpha value is 0.270. The smallest absolute Gasteiger partial charge is 0.0815 e. The predicted molar refractivity (Wildman–Crippen MR) is 57.0 cm³/mol.